The fourth-order valence-corrected chi connectivity index (χ4v) is 1.50. The number of nitrogens with zero attached hydrogens (tertiary/aromatic N) is 1. The maximum atomic E-state index is 11.8. The summed E-state index contributed by atoms with van der Waals surface area (Å²) in [7, 11) is 0. The van der Waals surface area contributed by atoms with E-state index in [1.54, 1.807) is 0 Å². The standard InChI is InChI=1S/C10H20N2O.ClH/c1-10(2,3)8(11)9(13)12-6-4-5-7-12;/h8H,4-7,11H2,1-3H3;1H/t8-;/m1./s1. The average Bonchev–Trinajstić information content (AvgIpc) is 2.51. The Morgan fingerprint density at radius 3 is 2.07 bits per heavy atom. The van der Waals surface area contributed by atoms with Gasteiger partial charge < -0.3 is 10.6 Å². The van der Waals surface area contributed by atoms with Gasteiger partial charge in [-0.1, -0.05) is 20.8 Å². The zero-order valence-corrected chi connectivity index (χ0v) is 10.1. The summed E-state index contributed by atoms with van der Waals surface area (Å²) in [5.74, 6) is 0.116. The highest BCUT2D eigenvalue weighted by atomic mass is 35.5. The van der Waals surface area contributed by atoms with Crippen LogP contribution in [0.3, 0.4) is 0 Å². The second-order valence-electron chi connectivity index (χ2n) is 4.88. The molecule has 1 atom stereocenters. The minimum absolute atomic E-state index is 0. The van der Waals surface area contributed by atoms with Gasteiger partial charge in [0.15, 0.2) is 0 Å². The Labute approximate surface area is 92.4 Å². The maximum absolute atomic E-state index is 11.8. The molecule has 2 N–H and O–H groups in total. The highest BCUT2D eigenvalue weighted by Crippen LogP contribution is 2.20. The number of likely N-dealkylation sites (tertiary alicyclic amines) is 1. The van der Waals surface area contributed by atoms with Gasteiger partial charge in [-0.15, -0.1) is 12.4 Å². The summed E-state index contributed by atoms with van der Waals surface area (Å²) >= 11 is 0. The largest absolute Gasteiger partial charge is 0.341 e. The molecule has 1 aliphatic rings. The van der Waals surface area contributed by atoms with Crippen LogP contribution in [0, 0.1) is 5.41 Å². The van der Waals surface area contributed by atoms with Crippen LogP contribution in [0.15, 0.2) is 0 Å². The van der Waals surface area contributed by atoms with Crippen molar-refractivity contribution < 1.29 is 4.79 Å². The van der Waals surface area contributed by atoms with Crippen molar-refractivity contribution in [1.82, 2.24) is 4.90 Å². The number of carbonyl (C=O) groups excluding carboxylic acids is 1. The Bertz CT molecular complexity index is 195. The fraction of sp³-hybridized carbons (Fsp3) is 0.900. The first-order valence-corrected chi connectivity index (χ1v) is 4.97. The molecule has 1 saturated heterocycles. The van der Waals surface area contributed by atoms with Crippen LogP contribution in [0.2, 0.25) is 0 Å². The molecule has 4 heteroatoms. The van der Waals surface area contributed by atoms with Crippen molar-refractivity contribution in [3.63, 3.8) is 0 Å². The van der Waals surface area contributed by atoms with E-state index in [9.17, 15) is 4.79 Å². The summed E-state index contributed by atoms with van der Waals surface area (Å²) in [6, 6.07) is -0.356. The lowest BCUT2D eigenvalue weighted by Gasteiger charge is -2.29. The molecule has 0 aromatic carbocycles. The van der Waals surface area contributed by atoms with Gasteiger partial charge in [0.1, 0.15) is 0 Å². The smallest absolute Gasteiger partial charge is 0.240 e. The van der Waals surface area contributed by atoms with Gasteiger partial charge in [0, 0.05) is 13.1 Å². The number of hydrogen-bond acceptors (Lipinski definition) is 2. The van der Waals surface area contributed by atoms with Crippen molar-refractivity contribution in [2.24, 2.45) is 11.1 Å². The molecule has 1 rings (SSSR count). The lowest BCUT2D eigenvalue weighted by molar-refractivity contribution is -0.133. The molecule has 3 nitrogen and oxygen atoms in total. The molecule has 0 aliphatic carbocycles. The van der Waals surface area contributed by atoms with Crippen LogP contribution in [0.25, 0.3) is 0 Å². The molecule has 1 fully saturated rings. The Morgan fingerprint density at radius 1 is 1.29 bits per heavy atom. The van der Waals surface area contributed by atoms with Gasteiger partial charge >= 0.3 is 0 Å². The number of carbonyl (C=O) groups is 1. The van der Waals surface area contributed by atoms with E-state index < -0.39 is 0 Å². The van der Waals surface area contributed by atoms with Gasteiger partial charge in [-0.2, -0.15) is 0 Å². The van der Waals surface area contributed by atoms with E-state index in [0.717, 1.165) is 25.9 Å². The van der Waals surface area contributed by atoms with Crippen LogP contribution in [0.4, 0.5) is 0 Å². The molecule has 0 aromatic heterocycles. The Hall–Kier alpha value is -0.280. The van der Waals surface area contributed by atoms with Crippen LogP contribution < -0.4 is 5.73 Å². The SMILES string of the molecule is CC(C)(C)[C@H](N)C(=O)N1CCCC1.Cl. The molecule has 1 amide bonds. The Balaban J connectivity index is 0.00000169. The topological polar surface area (TPSA) is 46.3 Å². The molecule has 0 aromatic rings. The number of halogens is 1. The average molecular weight is 221 g/mol. The van der Waals surface area contributed by atoms with Crippen molar-refractivity contribution in [3.05, 3.63) is 0 Å². The van der Waals surface area contributed by atoms with Gasteiger partial charge in [0.2, 0.25) is 5.91 Å². The summed E-state index contributed by atoms with van der Waals surface area (Å²) in [5.41, 5.74) is 5.76. The van der Waals surface area contributed by atoms with Gasteiger partial charge in [-0.3, -0.25) is 4.79 Å². The Kier molecular flexibility index (Phi) is 4.89. The van der Waals surface area contributed by atoms with Gasteiger partial charge in [-0.05, 0) is 18.3 Å². The maximum Gasteiger partial charge on any atom is 0.240 e. The van der Waals surface area contributed by atoms with E-state index in [-0.39, 0.29) is 29.8 Å². The summed E-state index contributed by atoms with van der Waals surface area (Å²) in [5, 5.41) is 0. The van der Waals surface area contributed by atoms with E-state index >= 15 is 0 Å². The fourth-order valence-electron chi connectivity index (χ4n) is 1.50. The minimum atomic E-state index is -0.356. The minimum Gasteiger partial charge on any atom is -0.341 e. The first kappa shape index (κ1) is 13.7. The molecular weight excluding hydrogens is 200 g/mol. The number of hydrogen-bond donors (Lipinski definition) is 1. The van der Waals surface area contributed by atoms with Gasteiger partial charge in [-0.25, -0.2) is 0 Å². The second-order valence-corrected chi connectivity index (χ2v) is 4.88. The van der Waals surface area contributed by atoms with Gasteiger partial charge in [0.25, 0.3) is 0 Å². The normalized spacial score (nSPS) is 19.0. The molecule has 14 heavy (non-hydrogen) atoms. The third kappa shape index (κ3) is 3.14. The van der Waals surface area contributed by atoms with Gasteiger partial charge in [0.05, 0.1) is 6.04 Å². The second kappa shape index (κ2) is 4.99. The monoisotopic (exact) mass is 220 g/mol. The predicted molar refractivity (Wildman–Crippen MR) is 60.5 cm³/mol. The highest BCUT2D eigenvalue weighted by molar-refractivity contribution is 5.85. The molecule has 84 valence electrons. The van der Waals surface area contributed by atoms with Crippen molar-refractivity contribution in [2.45, 2.75) is 39.7 Å². The summed E-state index contributed by atoms with van der Waals surface area (Å²) in [4.78, 5) is 13.7. The summed E-state index contributed by atoms with van der Waals surface area (Å²) in [6.07, 6.45) is 2.26. The van der Waals surface area contributed by atoms with Crippen LogP contribution in [0.1, 0.15) is 33.6 Å². The van der Waals surface area contributed by atoms with Crippen LogP contribution in [0.5, 0.6) is 0 Å². The first-order chi connectivity index (χ1) is 5.93. The first-order valence-electron chi connectivity index (χ1n) is 4.97. The number of amides is 1. The third-order valence-corrected chi connectivity index (χ3v) is 2.62. The zero-order valence-electron chi connectivity index (χ0n) is 9.25. The lowest BCUT2D eigenvalue weighted by atomic mass is 9.86. The molecule has 0 bridgehead atoms. The summed E-state index contributed by atoms with van der Waals surface area (Å²) < 4.78 is 0. The predicted octanol–water partition coefficient (Wildman–Crippen LogP) is 1.40. The number of nitrogens with two attached hydrogens (primary N) is 1. The van der Waals surface area contributed by atoms with E-state index in [4.69, 9.17) is 5.73 Å². The van der Waals surface area contributed by atoms with Crippen LogP contribution in [-0.2, 0) is 4.79 Å². The van der Waals surface area contributed by atoms with Crippen molar-refractivity contribution in [3.8, 4) is 0 Å². The van der Waals surface area contributed by atoms with Crippen molar-refractivity contribution >= 4 is 18.3 Å². The Morgan fingerprint density at radius 2 is 1.71 bits per heavy atom. The number of rotatable bonds is 1. The van der Waals surface area contributed by atoms with E-state index in [1.165, 1.54) is 0 Å². The molecular formula is C10H21ClN2O. The zero-order chi connectivity index (χ0) is 10.1. The van der Waals surface area contributed by atoms with E-state index in [1.807, 2.05) is 25.7 Å². The quantitative estimate of drug-likeness (QED) is 0.726. The lowest BCUT2D eigenvalue weighted by Crippen LogP contribution is -2.49. The molecule has 0 spiro atoms. The van der Waals surface area contributed by atoms with E-state index in [0.29, 0.717) is 0 Å². The highest BCUT2D eigenvalue weighted by Gasteiger charge is 2.31. The molecule has 0 radical (unpaired) electrons. The van der Waals surface area contributed by atoms with E-state index in [2.05, 4.69) is 0 Å². The van der Waals surface area contributed by atoms with Crippen LogP contribution >= 0.6 is 12.4 Å². The molecule has 0 unspecified atom stereocenters. The van der Waals surface area contributed by atoms with Crippen LogP contribution in [-0.4, -0.2) is 29.9 Å². The van der Waals surface area contributed by atoms with Crippen molar-refractivity contribution in [2.75, 3.05) is 13.1 Å². The molecule has 1 heterocycles. The third-order valence-electron chi connectivity index (χ3n) is 2.62. The molecule has 1 aliphatic heterocycles. The van der Waals surface area contributed by atoms with Crippen molar-refractivity contribution in [1.29, 1.82) is 0 Å². The molecule has 0 saturated carbocycles. The summed E-state index contributed by atoms with van der Waals surface area (Å²) in [6.45, 7) is 7.80.